The molecule has 6 rings (SSSR count). The average Bonchev–Trinajstić information content (AvgIpc) is 3.51. The number of hydrogen-bond donors (Lipinski definition) is 0. The summed E-state index contributed by atoms with van der Waals surface area (Å²) in [6, 6.07) is 11.9. The number of benzene rings is 2. The molecule has 4 heterocycles. The molecule has 0 amide bonds. The van der Waals surface area contributed by atoms with Crippen molar-refractivity contribution in [2.45, 2.75) is 33.1 Å². The van der Waals surface area contributed by atoms with E-state index < -0.39 is 0 Å². The lowest BCUT2D eigenvalue weighted by atomic mass is 10.0. The molecule has 31 heavy (non-hydrogen) atoms. The van der Waals surface area contributed by atoms with E-state index in [1.807, 2.05) is 22.9 Å². The Kier molecular flexibility index (Phi) is 4.03. The Labute approximate surface area is 177 Å². The Balaban J connectivity index is 1.27. The normalized spacial score (nSPS) is 17.0. The molecule has 0 aliphatic carbocycles. The predicted molar refractivity (Wildman–Crippen MR) is 108 cm³/mol. The van der Waals surface area contributed by atoms with Crippen LogP contribution in [0, 0.1) is 13.8 Å². The fourth-order valence-corrected chi connectivity index (χ4v) is 4.03. The molecule has 0 N–H and O–H groups in total. The monoisotopic (exact) mass is 417 g/mol. The highest BCUT2D eigenvalue weighted by molar-refractivity contribution is 5.63. The molecule has 0 saturated carbocycles. The fourth-order valence-electron chi connectivity index (χ4n) is 4.03. The molecule has 2 aromatic carbocycles. The number of fused-ring (bicyclic) bond motifs is 2. The van der Waals surface area contributed by atoms with Crippen LogP contribution < -0.4 is 9.47 Å². The molecule has 2 aliphatic heterocycles. The van der Waals surface area contributed by atoms with Gasteiger partial charge in [-0.3, -0.25) is 0 Å². The van der Waals surface area contributed by atoms with Crippen molar-refractivity contribution < 1.29 is 18.7 Å². The molecule has 9 nitrogen and oxygen atoms in total. The highest BCUT2D eigenvalue weighted by Crippen LogP contribution is 2.36. The van der Waals surface area contributed by atoms with Crippen LogP contribution in [0.2, 0.25) is 0 Å². The molecular weight excluding hydrogens is 398 g/mol. The van der Waals surface area contributed by atoms with E-state index in [1.54, 1.807) is 0 Å². The standard InChI is InChI=1S/C22H19N5O4/c1-12-3-5-15(13(2)7-12)19-9-27-16(10-28-19)20(24-26-27)22-23-21(25-31-22)14-4-6-17-18(8-14)30-11-29-17/h3-8,19H,9-11H2,1-2H3/t19-/m0/s1. The summed E-state index contributed by atoms with van der Waals surface area (Å²) >= 11 is 0. The quantitative estimate of drug-likeness (QED) is 0.499. The molecule has 2 aliphatic rings. The van der Waals surface area contributed by atoms with Gasteiger partial charge in [-0.05, 0) is 43.2 Å². The molecule has 9 heteroatoms. The summed E-state index contributed by atoms with van der Waals surface area (Å²) in [5.74, 6) is 2.12. The van der Waals surface area contributed by atoms with Gasteiger partial charge in [0.05, 0.1) is 18.8 Å². The Morgan fingerprint density at radius 1 is 1.03 bits per heavy atom. The minimum absolute atomic E-state index is 0.0745. The third-order valence-electron chi connectivity index (χ3n) is 5.63. The second-order valence-electron chi connectivity index (χ2n) is 7.72. The van der Waals surface area contributed by atoms with E-state index in [0.717, 1.165) is 16.8 Å². The van der Waals surface area contributed by atoms with Gasteiger partial charge in [0.25, 0.3) is 5.89 Å². The zero-order valence-electron chi connectivity index (χ0n) is 17.0. The third kappa shape index (κ3) is 3.05. The van der Waals surface area contributed by atoms with Crippen LogP contribution in [-0.4, -0.2) is 31.9 Å². The maximum absolute atomic E-state index is 6.15. The maximum Gasteiger partial charge on any atom is 0.280 e. The Bertz CT molecular complexity index is 1300. The first kappa shape index (κ1) is 18.1. The molecule has 0 spiro atoms. The van der Waals surface area contributed by atoms with E-state index in [1.165, 1.54) is 11.1 Å². The lowest BCUT2D eigenvalue weighted by molar-refractivity contribution is -0.00153. The van der Waals surface area contributed by atoms with Crippen LogP contribution in [0.15, 0.2) is 40.9 Å². The zero-order chi connectivity index (χ0) is 20.9. The van der Waals surface area contributed by atoms with Gasteiger partial charge in [0, 0.05) is 5.56 Å². The SMILES string of the molecule is Cc1ccc([C@@H]2Cn3nnc(-c4nc(-c5ccc6c(c5)OCO6)no4)c3CO2)c(C)c1. The zero-order valence-corrected chi connectivity index (χ0v) is 17.0. The van der Waals surface area contributed by atoms with Gasteiger partial charge >= 0.3 is 0 Å². The van der Waals surface area contributed by atoms with Crippen LogP contribution >= 0.6 is 0 Å². The Morgan fingerprint density at radius 2 is 1.94 bits per heavy atom. The minimum atomic E-state index is -0.0745. The fraction of sp³-hybridized carbons (Fsp3) is 0.273. The van der Waals surface area contributed by atoms with Crippen molar-refractivity contribution in [3.63, 3.8) is 0 Å². The van der Waals surface area contributed by atoms with Crippen LogP contribution in [0.3, 0.4) is 0 Å². The van der Waals surface area contributed by atoms with Crippen LogP contribution in [0.4, 0.5) is 0 Å². The van der Waals surface area contributed by atoms with Gasteiger partial charge in [0.2, 0.25) is 12.6 Å². The van der Waals surface area contributed by atoms with Crippen LogP contribution in [0.1, 0.15) is 28.5 Å². The van der Waals surface area contributed by atoms with E-state index in [2.05, 4.69) is 52.5 Å². The number of nitrogens with zero attached hydrogens (tertiary/aromatic N) is 5. The van der Waals surface area contributed by atoms with Crippen molar-refractivity contribution in [3.05, 3.63) is 58.8 Å². The van der Waals surface area contributed by atoms with Gasteiger partial charge in [-0.25, -0.2) is 4.68 Å². The van der Waals surface area contributed by atoms with Crippen molar-refractivity contribution in [3.8, 4) is 34.5 Å². The summed E-state index contributed by atoms with van der Waals surface area (Å²) < 4.78 is 24.3. The van der Waals surface area contributed by atoms with Gasteiger partial charge in [0.15, 0.2) is 17.2 Å². The van der Waals surface area contributed by atoms with Gasteiger partial charge in [-0.15, -0.1) is 5.10 Å². The highest BCUT2D eigenvalue weighted by atomic mass is 16.7. The second-order valence-corrected chi connectivity index (χ2v) is 7.72. The molecule has 1 atom stereocenters. The van der Waals surface area contributed by atoms with Crippen molar-refractivity contribution in [1.29, 1.82) is 0 Å². The van der Waals surface area contributed by atoms with E-state index in [0.29, 0.717) is 42.1 Å². The van der Waals surface area contributed by atoms with Crippen molar-refractivity contribution in [2.75, 3.05) is 6.79 Å². The van der Waals surface area contributed by atoms with E-state index in [4.69, 9.17) is 18.7 Å². The second kappa shape index (κ2) is 6.92. The lowest BCUT2D eigenvalue weighted by Gasteiger charge is -2.25. The molecule has 2 aromatic heterocycles. The van der Waals surface area contributed by atoms with E-state index in [-0.39, 0.29) is 12.9 Å². The molecule has 0 bridgehead atoms. The van der Waals surface area contributed by atoms with Gasteiger partial charge in [0.1, 0.15) is 6.10 Å². The van der Waals surface area contributed by atoms with Crippen LogP contribution in [0.25, 0.3) is 23.0 Å². The van der Waals surface area contributed by atoms with Gasteiger partial charge < -0.3 is 18.7 Å². The molecule has 0 unspecified atom stereocenters. The summed E-state index contributed by atoms with van der Waals surface area (Å²) in [7, 11) is 0. The van der Waals surface area contributed by atoms with Crippen molar-refractivity contribution in [2.24, 2.45) is 0 Å². The number of rotatable bonds is 3. The topological polar surface area (TPSA) is 97.3 Å². The molecular formula is C22H19N5O4. The summed E-state index contributed by atoms with van der Waals surface area (Å²) in [5, 5.41) is 12.7. The largest absolute Gasteiger partial charge is 0.454 e. The smallest absolute Gasteiger partial charge is 0.280 e. The van der Waals surface area contributed by atoms with Crippen LogP contribution in [-0.2, 0) is 17.9 Å². The first-order chi connectivity index (χ1) is 15.2. The number of aromatic nitrogens is 5. The maximum atomic E-state index is 6.15. The molecule has 4 aromatic rings. The summed E-state index contributed by atoms with van der Waals surface area (Å²) in [4.78, 5) is 4.51. The van der Waals surface area contributed by atoms with Gasteiger partial charge in [-0.2, -0.15) is 4.98 Å². The molecule has 156 valence electrons. The van der Waals surface area contributed by atoms with Crippen molar-refractivity contribution in [1.82, 2.24) is 25.1 Å². The van der Waals surface area contributed by atoms with E-state index >= 15 is 0 Å². The van der Waals surface area contributed by atoms with Crippen LogP contribution in [0.5, 0.6) is 11.5 Å². The highest BCUT2D eigenvalue weighted by Gasteiger charge is 2.29. The summed E-state index contributed by atoms with van der Waals surface area (Å²) in [6.45, 7) is 5.34. The van der Waals surface area contributed by atoms with E-state index in [9.17, 15) is 0 Å². The number of aryl methyl sites for hydroxylation is 2. The third-order valence-corrected chi connectivity index (χ3v) is 5.63. The Morgan fingerprint density at radius 3 is 2.84 bits per heavy atom. The predicted octanol–water partition coefficient (Wildman–Crippen LogP) is 3.61. The Hall–Kier alpha value is -3.72. The minimum Gasteiger partial charge on any atom is -0.454 e. The van der Waals surface area contributed by atoms with Gasteiger partial charge in [-0.1, -0.05) is 34.1 Å². The molecule has 0 fully saturated rings. The summed E-state index contributed by atoms with van der Waals surface area (Å²) in [6.07, 6.45) is -0.0745. The van der Waals surface area contributed by atoms with Crippen molar-refractivity contribution >= 4 is 0 Å². The average molecular weight is 417 g/mol. The number of hydrogen-bond acceptors (Lipinski definition) is 8. The first-order valence-corrected chi connectivity index (χ1v) is 10.0. The molecule has 0 saturated heterocycles. The summed E-state index contributed by atoms with van der Waals surface area (Å²) in [5.41, 5.74) is 5.73. The lowest BCUT2D eigenvalue weighted by Crippen LogP contribution is -2.22. The molecule has 0 radical (unpaired) electrons. The first-order valence-electron chi connectivity index (χ1n) is 10.0. The number of ether oxygens (including phenoxy) is 3.